The van der Waals surface area contributed by atoms with Crippen molar-refractivity contribution in [2.45, 2.75) is 18.3 Å². The van der Waals surface area contributed by atoms with Gasteiger partial charge in [-0.3, -0.25) is 19.3 Å². The van der Waals surface area contributed by atoms with E-state index in [-0.39, 0.29) is 18.7 Å². The molecule has 0 spiro atoms. The first-order chi connectivity index (χ1) is 12.5. The zero-order valence-corrected chi connectivity index (χ0v) is 14.6. The molecule has 1 aliphatic heterocycles. The highest BCUT2D eigenvalue weighted by Crippen LogP contribution is 2.49. The van der Waals surface area contributed by atoms with E-state index in [1.54, 1.807) is 35.2 Å². The van der Waals surface area contributed by atoms with Crippen LogP contribution in [0.1, 0.15) is 18.4 Å². The second-order valence-electron chi connectivity index (χ2n) is 6.08. The molecular weight excluding hydrogens is 334 g/mol. The molecule has 1 amide bonds. The van der Waals surface area contributed by atoms with Gasteiger partial charge in [-0.1, -0.05) is 36.4 Å². The summed E-state index contributed by atoms with van der Waals surface area (Å²) in [4.78, 5) is 39.2. The van der Waals surface area contributed by atoms with Crippen LogP contribution < -0.4 is 4.90 Å². The lowest BCUT2D eigenvalue weighted by atomic mass is 9.75. The molecule has 0 N–H and O–H groups in total. The molecule has 0 fully saturated rings. The number of hydrogen-bond donors (Lipinski definition) is 0. The standard InChI is InChI=1S/C20H19NO5/c1-25-17(22)12-20(13-18(23)26-2)15-10-6-7-11-16(15)21(19(20)24)14-8-4-3-5-9-14/h3-11H,12-13H2,1-2H3. The van der Waals surface area contributed by atoms with Gasteiger partial charge in [0.2, 0.25) is 5.91 Å². The molecule has 6 heteroatoms. The van der Waals surface area contributed by atoms with Gasteiger partial charge in [-0.15, -0.1) is 0 Å². The predicted molar refractivity (Wildman–Crippen MR) is 95.0 cm³/mol. The number of anilines is 2. The normalized spacial score (nSPS) is 14.7. The van der Waals surface area contributed by atoms with Crippen molar-refractivity contribution in [2.75, 3.05) is 19.1 Å². The van der Waals surface area contributed by atoms with Gasteiger partial charge < -0.3 is 9.47 Å². The molecule has 134 valence electrons. The minimum atomic E-state index is -1.35. The fourth-order valence-electron chi connectivity index (χ4n) is 3.39. The Morgan fingerprint density at radius 1 is 0.885 bits per heavy atom. The molecule has 2 aromatic carbocycles. The minimum Gasteiger partial charge on any atom is -0.469 e. The summed E-state index contributed by atoms with van der Waals surface area (Å²) in [5, 5.41) is 0. The Balaban J connectivity index is 2.19. The molecular formula is C20H19NO5. The maximum Gasteiger partial charge on any atom is 0.306 e. The highest BCUT2D eigenvalue weighted by atomic mass is 16.5. The molecule has 6 nitrogen and oxygen atoms in total. The van der Waals surface area contributed by atoms with E-state index in [0.29, 0.717) is 16.9 Å². The number of amides is 1. The fourth-order valence-corrected chi connectivity index (χ4v) is 3.39. The number of benzene rings is 2. The van der Waals surface area contributed by atoms with E-state index < -0.39 is 17.4 Å². The average molecular weight is 353 g/mol. The lowest BCUT2D eigenvalue weighted by molar-refractivity contribution is -0.148. The number of hydrogen-bond acceptors (Lipinski definition) is 5. The summed E-state index contributed by atoms with van der Waals surface area (Å²) in [5.41, 5.74) is 0.579. The first-order valence-electron chi connectivity index (χ1n) is 8.16. The summed E-state index contributed by atoms with van der Waals surface area (Å²) in [7, 11) is 2.52. The third-order valence-corrected chi connectivity index (χ3v) is 4.63. The van der Waals surface area contributed by atoms with Crippen LogP contribution in [0.4, 0.5) is 11.4 Å². The van der Waals surface area contributed by atoms with Gasteiger partial charge in [0.1, 0.15) is 0 Å². The van der Waals surface area contributed by atoms with E-state index in [2.05, 4.69) is 0 Å². The average Bonchev–Trinajstić information content (AvgIpc) is 2.90. The van der Waals surface area contributed by atoms with Crippen LogP contribution in [0, 0.1) is 0 Å². The molecule has 0 aliphatic carbocycles. The number of fused-ring (bicyclic) bond motifs is 1. The first kappa shape index (κ1) is 17.7. The summed E-state index contributed by atoms with van der Waals surface area (Å²) in [6.45, 7) is 0. The van der Waals surface area contributed by atoms with Crippen molar-refractivity contribution in [2.24, 2.45) is 0 Å². The van der Waals surface area contributed by atoms with Gasteiger partial charge in [-0.2, -0.15) is 0 Å². The largest absolute Gasteiger partial charge is 0.469 e. The minimum absolute atomic E-state index is 0.238. The van der Waals surface area contributed by atoms with E-state index >= 15 is 0 Å². The van der Waals surface area contributed by atoms with Crippen molar-refractivity contribution in [3.8, 4) is 0 Å². The van der Waals surface area contributed by atoms with Crippen LogP contribution in [-0.4, -0.2) is 32.1 Å². The van der Waals surface area contributed by atoms with Gasteiger partial charge in [-0.25, -0.2) is 0 Å². The number of para-hydroxylation sites is 2. The van der Waals surface area contributed by atoms with Crippen LogP contribution in [0.25, 0.3) is 0 Å². The highest BCUT2D eigenvalue weighted by molar-refractivity contribution is 6.15. The van der Waals surface area contributed by atoms with Crippen LogP contribution >= 0.6 is 0 Å². The summed E-state index contributed by atoms with van der Waals surface area (Å²) < 4.78 is 9.59. The monoisotopic (exact) mass is 353 g/mol. The molecule has 1 heterocycles. The van der Waals surface area contributed by atoms with E-state index in [0.717, 1.165) is 0 Å². The number of rotatable bonds is 5. The third kappa shape index (κ3) is 2.83. The maximum atomic E-state index is 13.5. The van der Waals surface area contributed by atoms with Gasteiger partial charge in [-0.05, 0) is 23.8 Å². The zero-order chi connectivity index (χ0) is 18.7. The van der Waals surface area contributed by atoms with Crippen LogP contribution in [0.3, 0.4) is 0 Å². The second-order valence-corrected chi connectivity index (χ2v) is 6.08. The topological polar surface area (TPSA) is 72.9 Å². The van der Waals surface area contributed by atoms with Gasteiger partial charge in [0.25, 0.3) is 0 Å². The summed E-state index contributed by atoms with van der Waals surface area (Å²) >= 11 is 0. The molecule has 0 bridgehead atoms. The Kier molecular flexibility index (Phi) is 4.75. The molecule has 2 aromatic rings. The molecule has 0 unspecified atom stereocenters. The molecule has 26 heavy (non-hydrogen) atoms. The van der Waals surface area contributed by atoms with Crippen molar-refractivity contribution < 1.29 is 23.9 Å². The second kappa shape index (κ2) is 7.00. The van der Waals surface area contributed by atoms with E-state index in [1.165, 1.54) is 14.2 Å². The van der Waals surface area contributed by atoms with Gasteiger partial charge in [0.05, 0.1) is 38.2 Å². The van der Waals surface area contributed by atoms with Crippen LogP contribution in [0.5, 0.6) is 0 Å². The zero-order valence-electron chi connectivity index (χ0n) is 14.6. The Morgan fingerprint density at radius 3 is 2.00 bits per heavy atom. The van der Waals surface area contributed by atoms with Gasteiger partial charge in [0.15, 0.2) is 0 Å². The quantitative estimate of drug-likeness (QED) is 0.773. The van der Waals surface area contributed by atoms with Crippen LogP contribution in [-0.2, 0) is 29.3 Å². The lowest BCUT2D eigenvalue weighted by Gasteiger charge is -2.26. The Labute approximate surface area is 151 Å². The lowest BCUT2D eigenvalue weighted by Crippen LogP contribution is -2.42. The van der Waals surface area contributed by atoms with Crippen molar-refractivity contribution in [3.05, 3.63) is 60.2 Å². The molecule has 3 rings (SSSR count). The maximum absolute atomic E-state index is 13.5. The van der Waals surface area contributed by atoms with Crippen molar-refractivity contribution in [3.63, 3.8) is 0 Å². The van der Waals surface area contributed by atoms with Crippen molar-refractivity contribution in [1.82, 2.24) is 0 Å². The number of ether oxygens (including phenoxy) is 2. The Morgan fingerprint density at radius 2 is 1.42 bits per heavy atom. The SMILES string of the molecule is COC(=O)CC1(CC(=O)OC)C(=O)N(c2ccccc2)c2ccccc21. The van der Waals surface area contributed by atoms with Crippen LogP contribution in [0.2, 0.25) is 0 Å². The van der Waals surface area contributed by atoms with E-state index in [1.807, 2.05) is 24.3 Å². The Bertz CT molecular complexity index is 828. The smallest absolute Gasteiger partial charge is 0.306 e. The summed E-state index contributed by atoms with van der Waals surface area (Å²) in [6.07, 6.45) is -0.477. The summed E-state index contributed by atoms with van der Waals surface area (Å²) in [6, 6.07) is 16.3. The molecule has 0 radical (unpaired) electrons. The number of esters is 2. The number of nitrogens with zero attached hydrogens (tertiary/aromatic N) is 1. The molecule has 0 saturated carbocycles. The molecule has 0 saturated heterocycles. The number of methoxy groups -OCH3 is 2. The Hall–Kier alpha value is -3.15. The van der Waals surface area contributed by atoms with E-state index in [4.69, 9.17) is 9.47 Å². The predicted octanol–water partition coefficient (Wildman–Crippen LogP) is 2.73. The van der Waals surface area contributed by atoms with Crippen molar-refractivity contribution >= 4 is 29.2 Å². The molecule has 0 atom stereocenters. The third-order valence-electron chi connectivity index (χ3n) is 4.63. The van der Waals surface area contributed by atoms with Crippen LogP contribution in [0.15, 0.2) is 54.6 Å². The first-order valence-corrected chi connectivity index (χ1v) is 8.16. The van der Waals surface area contributed by atoms with Gasteiger partial charge >= 0.3 is 11.9 Å². The number of carbonyl (C=O) groups excluding carboxylic acids is 3. The fraction of sp³-hybridized carbons (Fsp3) is 0.250. The summed E-state index contributed by atoms with van der Waals surface area (Å²) in [5.74, 6) is -1.47. The molecule has 1 aliphatic rings. The van der Waals surface area contributed by atoms with E-state index in [9.17, 15) is 14.4 Å². The highest BCUT2D eigenvalue weighted by Gasteiger charge is 2.54. The van der Waals surface area contributed by atoms with Gasteiger partial charge in [0, 0.05) is 5.69 Å². The number of carbonyl (C=O) groups is 3. The molecule has 0 aromatic heterocycles. The van der Waals surface area contributed by atoms with Crippen molar-refractivity contribution in [1.29, 1.82) is 0 Å².